The number of aromatic nitrogens is 1. The number of rotatable bonds is 11. The summed E-state index contributed by atoms with van der Waals surface area (Å²) in [5.74, 6) is -1.12. The maximum atomic E-state index is 13.0. The zero-order valence-electron chi connectivity index (χ0n) is 21.4. The van der Waals surface area contributed by atoms with E-state index in [1.165, 1.54) is 32.7 Å². The largest absolute Gasteiger partial charge is 0.493 e. The van der Waals surface area contributed by atoms with Crippen LogP contribution in [-0.4, -0.2) is 42.0 Å². The minimum absolute atomic E-state index is 0.0555. The molecule has 0 N–H and O–H groups in total. The molecule has 1 aliphatic rings. The van der Waals surface area contributed by atoms with E-state index in [9.17, 15) is 14.4 Å². The lowest BCUT2D eigenvalue weighted by atomic mass is 9.83. The van der Waals surface area contributed by atoms with E-state index in [1.807, 2.05) is 37.3 Å². The SMILES string of the molecule is COc1ccnc(C(=O)C[C@@H](C)C(=O)O[C@@H](C)[C@H](Oc2ccccc2)C2CCCCC2)c1OC(C)=O. The second-order valence-electron chi connectivity index (χ2n) is 9.25. The van der Waals surface area contributed by atoms with E-state index in [-0.39, 0.29) is 35.6 Å². The number of para-hydroxylation sites is 1. The summed E-state index contributed by atoms with van der Waals surface area (Å²) in [6.07, 6.45) is 5.96. The van der Waals surface area contributed by atoms with Gasteiger partial charge in [-0.1, -0.05) is 44.4 Å². The van der Waals surface area contributed by atoms with Gasteiger partial charge in [-0.05, 0) is 37.8 Å². The maximum absolute atomic E-state index is 13.0. The number of ether oxygens (including phenoxy) is 4. The molecule has 0 unspecified atom stereocenters. The predicted molar refractivity (Wildman–Crippen MR) is 133 cm³/mol. The first-order chi connectivity index (χ1) is 17.3. The third kappa shape index (κ3) is 7.29. The number of nitrogens with zero attached hydrogens (tertiary/aromatic N) is 1. The highest BCUT2D eigenvalue weighted by atomic mass is 16.6. The van der Waals surface area contributed by atoms with Crippen LogP contribution in [0.15, 0.2) is 42.6 Å². The number of hydrogen-bond donors (Lipinski definition) is 0. The van der Waals surface area contributed by atoms with E-state index in [1.54, 1.807) is 6.92 Å². The highest BCUT2D eigenvalue weighted by Crippen LogP contribution is 2.33. The van der Waals surface area contributed by atoms with Crippen LogP contribution in [-0.2, 0) is 14.3 Å². The second kappa shape index (κ2) is 13.0. The fourth-order valence-corrected chi connectivity index (χ4v) is 4.55. The van der Waals surface area contributed by atoms with Gasteiger partial charge in [0.2, 0.25) is 5.75 Å². The average molecular weight is 498 g/mol. The summed E-state index contributed by atoms with van der Waals surface area (Å²) in [5, 5.41) is 0. The van der Waals surface area contributed by atoms with Crippen molar-refractivity contribution < 1.29 is 33.3 Å². The molecule has 0 radical (unpaired) electrons. The monoisotopic (exact) mass is 497 g/mol. The topological polar surface area (TPSA) is 101 Å². The number of ketones is 1. The van der Waals surface area contributed by atoms with Crippen LogP contribution < -0.4 is 14.2 Å². The van der Waals surface area contributed by atoms with Crippen LogP contribution in [0.3, 0.4) is 0 Å². The number of methoxy groups -OCH3 is 1. The van der Waals surface area contributed by atoms with Crippen molar-refractivity contribution in [3.63, 3.8) is 0 Å². The van der Waals surface area contributed by atoms with Crippen LogP contribution in [0.1, 0.15) is 69.8 Å². The minimum atomic E-state index is -0.734. The predicted octanol–water partition coefficient (Wildman–Crippen LogP) is 5.18. The van der Waals surface area contributed by atoms with Crippen molar-refractivity contribution in [3.05, 3.63) is 48.3 Å². The standard InChI is InChI=1S/C28H35NO7/c1-18(17-23(31)25-27(35-20(3)30)24(33-4)15-16-29-25)28(32)34-19(2)26(21-11-7-5-8-12-21)36-22-13-9-6-10-14-22/h6,9-10,13-16,18-19,21,26H,5,7-8,11-12,17H2,1-4H3/t18-,19+,26+/m1/s1. The van der Waals surface area contributed by atoms with Gasteiger partial charge in [0.05, 0.1) is 13.0 Å². The third-order valence-corrected chi connectivity index (χ3v) is 6.39. The minimum Gasteiger partial charge on any atom is -0.493 e. The molecule has 194 valence electrons. The second-order valence-corrected chi connectivity index (χ2v) is 9.25. The van der Waals surface area contributed by atoms with Crippen LogP contribution in [0.4, 0.5) is 0 Å². The van der Waals surface area contributed by atoms with Crippen LogP contribution in [0.5, 0.6) is 17.2 Å². The molecule has 1 fully saturated rings. The van der Waals surface area contributed by atoms with Gasteiger partial charge in [-0.3, -0.25) is 14.4 Å². The first-order valence-electron chi connectivity index (χ1n) is 12.5. The Bertz CT molecular complexity index is 1030. The Kier molecular flexibility index (Phi) is 9.85. The Morgan fingerprint density at radius 3 is 2.36 bits per heavy atom. The van der Waals surface area contributed by atoms with Gasteiger partial charge in [-0.15, -0.1) is 0 Å². The van der Waals surface area contributed by atoms with E-state index in [0.717, 1.165) is 31.4 Å². The Hall–Kier alpha value is -3.42. The van der Waals surface area contributed by atoms with E-state index in [2.05, 4.69) is 4.98 Å². The third-order valence-electron chi connectivity index (χ3n) is 6.39. The number of benzene rings is 1. The van der Waals surface area contributed by atoms with E-state index in [4.69, 9.17) is 18.9 Å². The molecule has 0 amide bonds. The number of carbonyl (C=O) groups excluding carboxylic acids is 3. The molecule has 8 nitrogen and oxygen atoms in total. The molecule has 1 aliphatic carbocycles. The van der Waals surface area contributed by atoms with Crippen molar-refractivity contribution in [3.8, 4) is 17.2 Å². The molecule has 1 heterocycles. The van der Waals surface area contributed by atoms with E-state index < -0.39 is 29.7 Å². The molecule has 0 aliphatic heterocycles. The summed E-state index contributed by atoms with van der Waals surface area (Å²) < 4.78 is 22.5. The zero-order chi connectivity index (χ0) is 26.1. The molecular weight excluding hydrogens is 462 g/mol. The highest BCUT2D eigenvalue weighted by Gasteiger charge is 2.34. The number of esters is 2. The molecule has 0 bridgehead atoms. The van der Waals surface area contributed by atoms with E-state index >= 15 is 0 Å². The number of carbonyl (C=O) groups is 3. The molecule has 1 aromatic heterocycles. The van der Waals surface area contributed by atoms with Crippen molar-refractivity contribution >= 4 is 17.7 Å². The van der Waals surface area contributed by atoms with Gasteiger partial charge in [0.15, 0.2) is 17.2 Å². The van der Waals surface area contributed by atoms with Gasteiger partial charge in [0.25, 0.3) is 0 Å². The zero-order valence-corrected chi connectivity index (χ0v) is 21.4. The van der Waals surface area contributed by atoms with Gasteiger partial charge in [0.1, 0.15) is 18.0 Å². The Balaban J connectivity index is 1.69. The van der Waals surface area contributed by atoms with Gasteiger partial charge < -0.3 is 18.9 Å². The van der Waals surface area contributed by atoms with Crippen LogP contribution in [0, 0.1) is 11.8 Å². The fraction of sp³-hybridized carbons (Fsp3) is 0.500. The lowest BCUT2D eigenvalue weighted by Gasteiger charge is -2.34. The van der Waals surface area contributed by atoms with Crippen molar-refractivity contribution in [2.75, 3.05) is 7.11 Å². The Morgan fingerprint density at radius 1 is 1.03 bits per heavy atom. The molecular formula is C28H35NO7. The van der Waals surface area contributed by atoms with Gasteiger partial charge in [-0.2, -0.15) is 0 Å². The first kappa shape index (κ1) is 27.2. The lowest BCUT2D eigenvalue weighted by molar-refractivity contribution is -0.159. The van der Waals surface area contributed by atoms with Gasteiger partial charge in [-0.25, -0.2) is 4.98 Å². The highest BCUT2D eigenvalue weighted by molar-refractivity contribution is 5.99. The molecule has 36 heavy (non-hydrogen) atoms. The molecule has 1 aromatic carbocycles. The quantitative estimate of drug-likeness (QED) is 0.309. The summed E-state index contributed by atoms with van der Waals surface area (Å²) in [6, 6.07) is 11.0. The summed E-state index contributed by atoms with van der Waals surface area (Å²) in [7, 11) is 1.40. The smallest absolute Gasteiger partial charge is 0.309 e. The van der Waals surface area contributed by atoms with Gasteiger partial charge >= 0.3 is 11.9 Å². The summed E-state index contributed by atoms with van der Waals surface area (Å²) in [4.78, 5) is 41.6. The van der Waals surface area contributed by atoms with Crippen LogP contribution in [0.25, 0.3) is 0 Å². The number of Topliss-reactive ketones (excluding diaryl/α,β-unsaturated/α-hetero) is 1. The molecule has 3 atom stereocenters. The summed E-state index contributed by atoms with van der Waals surface area (Å²) >= 11 is 0. The molecule has 8 heteroatoms. The summed E-state index contributed by atoms with van der Waals surface area (Å²) in [6.45, 7) is 4.70. The van der Waals surface area contributed by atoms with E-state index in [0.29, 0.717) is 0 Å². The first-order valence-corrected chi connectivity index (χ1v) is 12.5. The summed E-state index contributed by atoms with van der Waals surface area (Å²) in [5.41, 5.74) is -0.0651. The van der Waals surface area contributed by atoms with Crippen LogP contribution in [0.2, 0.25) is 0 Å². The number of pyridine rings is 1. The Morgan fingerprint density at radius 2 is 1.72 bits per heavy atom. The van der Waals surface area contributed by atoms with Crippen molar-refractivity contribution in [2.24, 2.45) is 11.8 Å². The average Bonchev–Trinajstić information content (AvgIpc) is 2.88. The molecule has 0 spiro atoms. The molecule has 0 saturated heterocycles. The molecule has 3 rings (SSSR count). The number of hydrogen-bond acceptors (Lipinski definition) is 8. The maximum Gasteiger partial charge on any atom is 0.309 e. The molecule has 2 aromatic rings. The van der Waals surface area contributed by atoms with Crippen molar-refractivity contribution in [1.82, 2.24) is 4.98 Å². The Labute approximate surface area is 212 Å². The normalized spacial score (nSPS) is 16.3. The van der Waals surface area contributed by atoms with Crippen molar-refractivity contribution in [1.29, 1.82) is 0 Å². The fourth-order valence-electron chi connectivity index (χ4n) is 4.55. The lowest BCUT2D eigenvalue weighted by Crippen LogP contribution is -2.41. The van der Waals surface area contributed by atoms with Gasteiger partial charge in [0, 0.05) is 25.6 Å². The van der Waals surface area contributed by atoms with Crippen LogP contribution >= 0.6 is 0 Å². The van der Waals surface area contributed by atoms with Crippen molar-refractivity contribution in [2.45, 2.75) is 71.5 Å². The molecule has 1 saturated carbocycles.